The Bertz CT molecular complexity index is 728. The van der Waals surface area contributed by atoms with E-state index in [0.29, 0.717) is 5.75 Å². The molecule has 27 heavy (non-hydrogen) atoms. The van der Waals surface area contributed by atoms with Gasteiger partial charge in [0.1, 0.15) is 0 Å². The summed E-state index contributed by atoms with van der Waals surface area (Å²) in [6.45, 7) is 1.89. The van der Waals surface area contributed by atoms with E-state index in [0.717, 1.165) is 22.6 Å². The number of nitrogens with zero attached hydrogens (tertiary/aromatic N) is 2. The maximum absolute atomic E-state index is 12.7. The van der Waals surface area contributed by atoms with Gasteiger partial charge in [0.25, 0.3) is 0 Å². The van der Waals surface area contributed by atoms with E-state index < -0.39 is 23.8 Å². The van der Waals surface area contributed by atoms with Crippen molar-refractivity contribution < 1.29 is 22.8 Å². The number of nitrogens with one attached hydrogen (secondary N) is 2. The summed E-state index contributed by atoms with van der Waals surface area (Å²) in [4.78, 5) is 27.4. The van der Waals surface area contributed by atoms with Crippen LogP contribution in [-0.2, 0) is 16.7 Å². The van der Waals surface area contributed by atoms with Crippen LogP contribution in [0.5, 0.6) is 0 Å². The fourth-order valence-corrected chi connectivity index (χ4v) is 4.68. The Morgan fingerprint density at radius 2 is 1.74 bits per heavy atom. The van der Waals surface area contributed by atoms with E-state index in [9.17, 15) is 22.8 Å². The van der Waals surface area contributed by atoms with Gasteiger partial charge in [-0.2, -0.15) is 13.2 Å². The largest absolute Gasteiger partial charge is 0.416 e. The number of fused-ring (bicyclic) bond motifs is 1. The third-order valence-corrected chi connectivity index (χ3v) is 6.12. The van der Waals surface area contributed by atoms with Crippen molar-refractivity contribution in [1.82, 2.24) is 20.4 Å². The maximum Gasteiger partial charge on any atom is 0.416 e. The molecule has 2 aliphatic heterocycles. The quantitative estimate of drug-likeness (QED) is 0.812. The van der Waals surface area contributed by atoms with Gasteiger partial charge in [0, 0.05) is 19.8 Å². The molecule has 2 N–H and O–H groups in total. The van der Waals surface area contributed by atoms with Gasteiger partial charge in [-0.25, -0.2) is 4.79 Å². The molecule has 0 bridgehead atoms. The molecule has 0 radical (unpaired) electrons. The summed E-state index contributed by atoms with van der Waals surface area (Å²) >= 11 is 1.44. The molecule has 1 aromatic carbocycles. The molecule has 3 rings (SSSR count). The number of hydrogen-bond donors (Lipinski definition) is 2. The molecule has 4 unspecified atom stereocenters. The Hall–Kier alpha value is -1.78. The van der Waals surface area contributed by atoms with E-state index in [2.05, 4.69) is 10.6 Å². The van der Waals surface area contributed by atoms with Crippen LogP contribution in [0.15, 0.2) is 24.3 Å². The van der Waals surface area contributed by atoms with Gasteiger partial charge in [-0.05, 0) is 24.6 Å². The minimum absolute atomic E-state index is 0.122. The predicted molar refractivity (Wildman–Crippen MR) is 95.5 cm³/mol. The van der Waals surface area contributed by atoms with Crippen LogP contribution in [0.25, 0.3) is 0 Å². The van der Waals surface area contributed by atoms with Crippen LogP contribution in [0.3, 0.4) is 0 Å². The van der Waals surface area contributed by atoms with Gasteiger partial charge in [0.15, 0.2) is 0 Å². The summed E-state index contributed by atoms with van der Waals surface area (Å²) in [6.07, 6.45) is -4.91. The number of hydrogen-bond acceptors (Lipinski definition) is 5. The number of rotatable bonds is 3. The van der Waals surface area contributed by atoms with Crippen LogP contribution in [0.1, 0.15) is 18.1 Å². The highest BCUT2D eigenvalue weighted by atomic mass is 32.2. The molecule has 148 valence electrons. The number of halogens is 3. The van der Waals surface area contributed by atoms with Gasteiger partial charge in [0.2, 0.25) is 5.91 Å². The molecule has 2 heterocycles. The van der Waals surface area contributed by atoms with Crippen LogP contribution >= 0.6 is 11.8 Å². The Balaban J connectivity index is 1.73. The SMILES string of the molecule is CC1NC(SCc2ccc(C(F)(F)F)cc2)C2C(=O)N(C)C(=O)N(C)C2N1. The molecule has 2 aliphatic rings. The minimum Gasteiger partial charge on any atom is -0.311 e. The molecule has 0 aliphatic carbocycles. The first kappa shape index (κ1) is 20.0. The Morgan fingerprint density at radius 3 is 2.33 bits per heavy atom. The van der Waals surface area contributed by atoms with E-state index in [1.165, 1.54) is 35.8 Å². The van der Waals surface area contributed by atoms with Crippen LogP contribution in [0.4, 0.5) is 18.0 Å². The highest BCUT2D eigenvalue weighted by Gasteiger charge is 2.50. The zero-order valence-corrected chi connectivity index (χ0v) is 15.9. The normalized spacial score (nSPS) is 29.1. The lowest BCUT2D eigenvalue weighted by Crippen LogP contribution is -2.73. The number of alkyl halides is 3. The molecule has 3 amide bonds. The number of amides is 3. The van der Waals surface area contributed by atoms with Crippen LogP contribution in [-0.4, -0.2) is 53.5 Å². The lowest BCUT2D eigenvalue weighted by atomic mass is 9.97. The summed E-state index contributed by atoms with van der Waals surface area (Å²) < 4.78 is 38.0. The standard InChI is InChI=1S/C17H21F3N4O2S/c1-9-21-13-12(15(25)24(3)16(26)23(13)2)14(22-9)27-8-10-4-6-11(7-5-10)17(18,19)20/h4-7,9,12-14,21-22H,8H2,1-3H3. The third kappa shape index (κ3) is 3.92. The molecule has 1 aromatic rings. The average Bonchev–Trinajstić information content (AvgIpc) is 2.62. The lowest BCUT2D eigenvalue weighted by Gasteiger charge is -2.49. The van der Waals surface area contributed by atoms with Crippen molar-refractivity contribution in [2.24, 2.45) is 5.92 Å². The Kier molecular flexibility index (Phi) is 5.42. The third-order valence-electron chi connectivity index (χ3n) is 4.83. The molecule has 4 atom stereocenters. The Morgan fingerprint density at radius 1 is 1.11 bits per heavy atom. The lowest BCUT2D eigenvalue weighted by molar-refractivity contribution is -0.140. The van der Waals surface area contributed by atoms with Crippen molar-refractivity contribution in [3.8, 4) is 0 Å². The molecular formula is C17H21F3N4O2S. The highest BCUT2D eigenvalue weighted by molar-refractivity contribution is 7.99. The second-order valence-corrected chi connectivity index (χ2v) is 7.87. The summed E-state index contributed by atoms with van der Waals surface area (Å²) in [7, 11) is 3.10. The predicted octanol–water partition coefficient (Wildman–Crippen LogP) is 2.27. The second-order valence-electron chi connectivity index (χ2n) is 6.74. The molecule has 10 heteroatoms. The smallest absolute Gasteiger partial charge is 0.311 e. The summed E-state index contributed by atoms with van der Waals surface area (Å²) in [5, 5.41) is 6.23. The number of thioether (sulfide) groups is 1. The molecule has 2 saturated heterocycles. The minimum atomic E-state index is -4.36. The van der Waals surface area contributed by atoms with Crippen molar-refractivity contribution >= 4 is 23.7 Å². The van der Waals surface area contributed by atoms with Gasteiger partial charge in [-0.3, -0.25) is 20.3 Å². The van der Waals surface area contributed by atoms with Crippen LogP contribution < -0.4 is 10.6 Å². The van der Waals surface area contributed by atoms with Crippen molar-refractivity contribution in [3.05, 3.63) is 35.4 Å². The molecule has 0 aromatic heterocycles. The number of imide groups is 1. The average molecular weight is 402 g/mol. The first-order valence-electron chi connectivity index (χ1n) is 8.44. The topological polar surface area (TPSA) is 64.7 Å². The number of carbonyl (C=O) groups is 2. The van der Waals surface area contributed by atoms with Crippen molar-refractivity contribution in [2.75, 3.05) is 14.1 Å². The van der Waals surface area contributed by atoms with Gasteiger partial charge < -0.3 is 4.90 Å². The zero-order chi connectivity index (χ0) is 19.9. The first-order valence-corrected chi connectivity index (χ1v) is 9.48. The van der Waals surface area contributed by atoms with E-state index in [4.69, 9.17) is 0 Å². The summed E-state index contributed by atoms with van der Waals surface area (Å²) in [5.74, 6) is -0.325. The first-order chi connectivity index (χ1) is 12.6. The van der Waals surface area contributed by atoms with Crippen LogP contribution in [0.2, 0.25) is 0 Å². The monoisotopic (exact) mass is 402 g/mol. The van der Waals surface area contributed by atoms with Crippen molar-refractivity contribution in [2.45, 2.75) is 36.6 Å². The fraction of sp³-hybridized carbons (Fsp3) is 0.529. The number of carbonyl (C=O) groups excluding carboxylic acids is 2. The Labute approximate surface area is 159 Å². The van der Waals surface area contributed by atoms with Gasteiger partial charge in [-0.15, -0.1) is 11.8 Å². The van der Waals surface area contributed by atoms with E-state index in [-0.39, 0.29) is 23.5 Å². The number of urea groups is 1. The van der Waals surface area contributed by atoms with Crippen molar-refractivity contribution in [3.63, 3.8) is 0 Å². The van der Waals surface area contributed by atoms with Gasteiger partial charge >= 0.3 is 12.2 Å². The molecular weight excluding hydrogens is 381 g/mol. The molecule has 0 spiro atoms. The van der Waals surface area contributed by atoms with Crippen LogP contribution in [0, 0.1) is 5.92 Å². The van der Waals surface area contributed by atoms with E-state index in [1.807, 2.05) is 6.92 Å². The van der Waals surface area contributed by atoms with E-state index >= 15 is 0 Å². The second kappa shape index (κ2) is 7.33. The molecule has 6 nitrogen and oxygen atoms in total. The summed E-state index contributed by atoms with van der Waals surface area (Å²) in [6, 6.07) is 4.64. The number of benzene rings is 1. The van der Waals surface area contributed by atoms with Gasteiger partial charge in [-0.1, -0.05) is 12.1 Å². The highest BCUT2D eigenvalue weighted by Crippen LogP contribution is 2.34. The zero-order valence-electron chi connectivity index (χ0n) is 15.1. The molecule has 2 fully saturated rings. The van der Waals surface area contributed by atoms with Gasteiger partial charge in [0.05, 0.1) is 29.2 Å². The van der Waals surface area contributed by atoms with E-state index in [1.54, 1.807) is 7.05 Å². The molecule has 0 saturated carbocycles. The van der Waals surface area contributed by atoms with Crippen molar-refractivity contribution in [1.29, 1.82) is 0 Å². The maximum atomic E-state index is 12.7. The fourth-order valence-electron chi connectivity index (χ4n) is 3.34. The summed E-state index contributed by atoms with van der Waals surface area (Å²) in [5.41, 5.74) is 0.0488.